The van der Waals surface area contributed by atoms with Crippen molar-refractivity contribution in [3.05, 3.63) is 65.7 Å². The molecule has 7 nitrogen and oxygen atoms in total. The molecule has 0 radical (unpaired) electrons. The Balaban J connectivity index is 1.31. The van der Waals surface area contributed by atoms with Crippen LogP contribution in [0.1, 0.15) is 25.0 Å². The van der Waals surface area contributed by atoms with Crippen molar-refractivity contribution in [2.45, 2.75) is 56.9 Å². The van der Waals surface area contributed by atoms with Gasteiger partial charge in [-0.25, -0.2) is 4.99 Å². The van der Waals surface area contributed by atoms with Crippen LogP contribution in [-0.4, -0.2) is 54.0 Å². The first kappa shape index (κ1) is 19.5. The van der Waals surface area contributed by atoms with E-state index in [4.69, 9.17) is 23.7 Å². The first-order valence-electron chi connectivity index (χ1n) is 10.2. The highest BCUT2D eigenvalue weighted by Crippen LogP contribution is 2.41. The number of phenols is 1. The fourth-order valence-electron chi connectivity index (χ4n) is 4.08. The Bertz CT molecular complexity index is 913. The largest absolute Gasteiger partial charge is 0.508 e. The summed E-state index contributed by atoms with van der Waals surface area (Å²) in [5.41, 5.74) is 1.88. The lowest BCUT2D eigenvalue weighted by Crippen LogP contribution is -2.44. The highest BCUT2D eigenvalue weighted by Gasteiger charge is 2.58. The van der Waals surface area contributed by atoms with Gasteiger partial charge in [-0.2, -0.15) is 0 Å². The average Bonchev–Trinajstić information content (AvgIpc) is 3.40. The van der Waals surface area contributed by atoms with E-state index in [9.17, 15) is 5.11 Å². The zero-order chi connectivity index (χ0) is 20.7. The molecule has 0 amide bonds. The summed E-state index contributed by atoms with van der Waals surface area (Å²) >= 11 is 0. The van der Waals surface area contributed by atoms with E-state index in [0.717, 1.165) is 11.1 Å². The van der Waals surface area contributed by atoms with Crippen molar-refractivity contribution >= 4 is 5.90 Å². The van der Waals surface area contributed by atoms with Gasteiger partial charge in [0.1, 0.15) is 30.2 Å². The molecule has 2 fully saturated rings. The van der Waals surface area contributed by atoms with Crippen LogP contribution < -0.4 is 0 Å². The summed E-state index contributed by atoms with van der Waals surface area (Å²) in [5, 5.41) is 9.50. The summed E-state index contributed by atoms with van der Waals surface area (Å²) < 4.78 is 30.6. The zero-order valence-corrected chi connectivity index (χ0v) is 16.9. The van der Waals surface area contributed by atoms with Crippen LogP contribution in [0.15, 0.2) is 59.6 Å². The molecule has 3 heterocycles. The zero-order valence-electron chi connectivity index (χ0n) is 16.9. The summed E-state index contributed by atoms with van der Waals surface area (Å²) in [6.45, 7) is 4.64. The molecule has 0 unspecified atom stereocenters. The minimum absolute atomic E-state index is 0.201. The number of aromatic hydroxyl groups is 1. The van der Waals surface area contributed by atoms with Crippen molar-refractivity contribution in [2.75, 3.05) is 6.54 Å². The number of ether oxygens (including phenoxy) is 5. The number of rotatable bonds is 5. The van der Waals surface area contributed by atoms with Crippen molar-refractivity contribution in [1.29, 1.82) is 0 Å². The molecule has 158 valence electrons. The number of nitrogens with zero attached hydrogens (tertiary/aromatic N) is 1. The van der Waals surface area contributed by atoms with Crippen LogP contribution in [0, 0.1) is 0 Å². The molecule has 3 aliphatic rings. The van der Waals surface area contributed by atoms with Gasteiger partial charge in [-0.05, 0) is 43.7 Å². The Morgan fingerprint density at radius 1 is 1.03 bits per heavy atom. The third kappa shape index (κ3) is 3.81. The van der Waals surface area contributed by atoms with Crippen molar-refractivity contribution in [2.24, 2.45) is 4.99 Å². The van der Waals surface area contributed by atoms with E-state index in [2.05, 4.69) is 4.99 Å². The Labute approximate surface area is 175 Å². The molecule has 0 saturated carbocycles. The van der Waals surface area contributed by atoms with Crippen LogP contribution in [0.3, 0.4) is 0 Å². The SMILES string of the molecule is CC1(C)O[C@H]2O[C@H]([C@@H]3CN=C(c4ccc(O)cc4)O3)[C@H](OCc3ccccc3)[C@H]2O1. The summed E-state index contributed by atoms with van der Waals surface area (Å²) in [4.78, 5) is 4.53. The van der Waals surface area contributed by atoms with Crippen molar-refractivity contribution < 1.29 is 28.8 Å². The van der Waals surface area contributed by atoms with E-state index in [1.54, 1.807) is 24.3 Å². The van der Waals surface area contributed by atoms with E-state index in [1.165, 1.54) is 0 Å². The lowest BCUT2D eigenvalue weighted by Gasteiger charge is -2.28. The molecular weight excluding hydrogens is 386 g/mol. The number of phenolic OH excluding ortho intramolecular Hbond substituents is 1. The van der Waals surface area contributed by atoms with Gasteiger partial charge in [0.05, 0.1) is 13.2 Å². The van der Waals surface area contributed by atoms with Crippen molar-refractivity contribution in [3.63, 3.8) is 0 Å². The molecule has 0 spiro atoms. The van der Waals surface area contributed by atoms with E-state index >= 15 is 0 Å². The molecule has 7 heteroatoms. The molecule has 0 bridgehead atoms. The fourth-order valence-corrected chi connectivity index (χ4v) is 4.08. The monoisotopic (exact) mass is 411 g/mol. The average molecular weight is 411 g/mol. The fraction of sp³-hybridized carbons (Fsp3) is 0.435. The Hall–Kier alpha value is -2.45. The molecule has 0 aromatic heterocycles. The quantitative estimate of drug-likeness (QED) is 0.815. The van der Waals surface area contributed by atoms with Gasteiger partial charge in [0, 0.05) is 5.56 Å². The molecule has 2 aromatic rings. The van der Waals surface area contributed by atoms with Crippen LogP contribution in [0.25, 0.3) is 0 Å². The first-order chi connectivity index (χ1) is 14.5. The minimum Gasteiger partial charge on any atom is -0.508 e. The molecule has 3 aliphatic heterocycles. The molecule has 5 rings (SSSR count). The summed E-state index contributed by atoms with van der Waals surface area (Å²) in [6, 6.07) is 16.8. The Morgan fingerprint density at radius 3 is 2.57 bits per heavy atom. The third-order valence-corrected chi connectivity index (χ3v) is 5.47. The van der Waals surface area contributed by atoms with E-state index in [0.29, 0.717) is 19.0 Å². The second kappa shape index (κ2) is 7.67. The molecule has 2 saturated heterocycles. The molecule has 1 N–H and O–H groups in total. The highest BCUT2D eigenvalue weighted by atomic mass is 16.8. The smallest absolute Gasteiger partial charge is 0.216 e. The lowest BCUT2D eigenvalue weighted by molar-refractivity contribution is -0.227. The molecule has 30 heavy (non-hydrogen) atoms. The van der Waals surface area contributed by atoms with Gasteiger partial charge in [-0.3, -0.25) is 0 Å². The normalized spacial score (nSPS) is 31.9. The van der Waals surface area contributed by atoms with Gasteiger partial charge >= 0.3 is 0 Å². The van der Waals surface area contributed by atoms with Crippen molar-refractivity contribution in [3.8, 4) is 5.75 Å². The minimum atomic E-state index is -0.723. The van der Waals surface area contributed by atoms with E-state index in [1.807, 2.05) is 44.2 Å². The van der Waals surface area contributed by atoms with Gasteiger partial charge in [-0.15, -0.1) is 0 Å². The molecular formula is C23H25NO6. The topological polar surface area (TPSA) is 78.7 Å². The van der Waals surface area contributed by atoms with Crippen LogP contribution in [0.4, 0.5) is 0 Å². The summed E-state index contributed by atoms with van der Waals surface area (Å²) in [5.74, 6) is 0.00980. The molecule has 0 aliphatic carbocycles. The number of benzene rings is 2. The van der Waals surface area contributed by atoms with Crippen LogP contribution in [0.2, 0.25) is 0 Å². The van der Waals surface area contributed by atoms with Gasteiger partial charge in [0.25, 0.3) is 0 Å². The van der Waals surface area contributed by atoms with Gasteiger partial charge < -0.3 is 28.8 Å². The number of fused-ring (bicyclic) bond motifs is 1. The standard InChI is InChI=1S/C23H25NO6/c1-23(2)29-20-19(26-13-14-6-4-3-5-7-14)18(28-22(20)30-23)17-12-24-21(27-17)15-8-10-16(25)11-9-15/h3-11,17-20,22,25H,12-13H2,1-2H3/t17-,18+,19-,20+,22+/m0/s1. The lowest BCUT2D eigenvalue weighted by atomic mass is 10.1. The maximum absolute atomic E-state index is 9.50. The number of hydrogen-bond donors (Lipinski definition) is 1. The predicted molar refractivity (Wildman–Crippen MR) is 108 cm³/mol. The number of aliphatic imine (C=N–C) groups is 1. The Kier molecular flexibility index (Phi) is 4.99. The van der Waals surface area contributed by atoms with Gasteiger partial charge in [0.2, 0.25) is 5.90 Å². The van der Waals surface area contributed by atoms with E-state index < -0.39 is 12.1 Å². The van der Waals surface area contributed by atoms with Crippen LogP contribution >= 0.6 is 0 Å². The van der Waals surface area contributed by atoms with Crippen molar-refractivity contribution in [1.82, 2.24) is 0 Å². The first-order valence-corrected chi connectivity index (χ1v) is 10.2. The van der Waals surface area contributed by atoms with Gasteiger partial charge in [-0.1, -0.05) is 30.3 Å². The Morgan fingerprint density at radius 2 is 1.80 bits per heavy atom. The van der Waals surface area contributed by atoms with Crippen LogP contribution in [0.5, 0.6) is 5.75 Å². The number of hydrogen-bond acceptors (Lipinski definition) is 7. The second-order valence-electron chi connectivity index (χ2n) is 8.18. The molecule has 2 aromatic carbocycles. The summed E-state index contributed by atoms with van der Waals surface area (Å²) in [7, 11) is 0. The summed E-state index contributed by atoms with van der Waals surface area (Å²) in [6.07, 6.45) is -1.88. The second-order valence-corrected chi connectivity index (χ2v) is 8.18. The van der Waals surface area contributed by atoms with Gasteiger partial charge in [0.15, 0.2) is 12.1 Å². The maximum atomic E-state index is 9.50. The maximum Gasteiger partial charge on any atom is 0.216 e. The van der Waals surface area contributed by atoms with E-state index in [-0.39, 0.29) is 30.2 Å². The molecule has 5 atom stereocenters. The third-order valence-electron chi connectivity index (χ3n) is 5.47. The predicted octanol–water partition coefficient (Wildman–Crippen LogP) is 3.00. The van der Waals surface area contributed by atoms with Crippen LogP contribution in [-0.2, 0) is 30.3 Å². The highest BCUT2D eigenvalue weighted by molar-refractivity contribution is 5.95.